The molecule has 0 amide bonds. The third-order valence-corrected chi connectivity index (χ3v) is 13.4. The summed E-state index contributed by atoms with van der Waals surface area (Å²) in [6, 6.07) is 21.0. The molecule has 0 saturated carbocycles. The zero-order valence-corrected chi connectivity index (χ0v) is 42.0. The van der Waals surface area contributed by atoms with Crippen LogP contribution in [0.1, 0.15) is 159 Å². The van der Waals surface area contributed by atoms with E-state index in [9.17, 15) is 0 Å². The molecule has 7 heterocycles. The maximum absolute atomic E-state index is 5.72. The topological polar surface area (TPSA) is 60.4 Å². The Kier molecular flexibility index (Phi) is 9.30. The molecule has 0 unspecified atom stereocenters. The fourth-order valence-corrected chi connectivity index (χ4v) is 10.6. The van der Waals surface area contributed by atoms with Gasteiger partial charge in [-0.2, -0.15) is 0 Å². The van der Waals surface area contributed by atoms with Crippen LogP contribution in [0, 0.1) is 12.1 Å². The first kappa shape index (κ1) is 42.7. The summed E-state index contributed by atoms with van der Waals surface area (Å²) in [5, 5.41) is 4.25. The van der Waals surface area contributed by atoms with E-state index < -0.39 is 0 Å². The van der Waals surface area contributed by atoms with Crippen LogP contribution < -0.4 is 0 Å². The van der Waals surface area contributed by atoms with Gasteiger partial charge in [0.25, 0.3) is 0 Å². The third kappa shape index (κ3) is 6.41. The van der Waals surface area contributed by atoms with Crippen molar-refractivity contribution in [3.8, 4) is 0 Å². The molecule has 0 bridgehead atoms. The average Bonchev–Trinajstić information content (AvgIpc) is 3.79. The van der Waals surface area contributed by atoms with E-state index in [1.54, 1.807) is 0 Å². The van der Waals surface area contributed by atoms with Gasteiger partial charge in [0, 0.05) is 42.4 Å². The Morgan fingerprint density at radius 1 is 0.450 bits per heavy atom. The van der Waals surface area contributed by atoms with E-state index >= 15 is 0 Å². The maximum atomic E-state index is 5.72. The first-order chi connectivity index (χ1) is 27.0. The fraction of sp³-hybridized carbons (Fsp3) is 0.462. The van der Waals surface area contributed by atoms with Crippen molar-refractivity contribution in [1.29, 1.82) is 0 Å². The van der Waals surface area contributed by atoms with Crippen molar-refractivity contribution in [2.24, 2.45) is 0 Å². The Hall–Kier alpha value is -3.93. The minimum absolute atomic E-state index is 0. The zero-order valence-electron chi connectivity index (χ0n) is 38.9. The van der Waals surface area contributed by atoms with Crippen molar-refractivity contribution in [3.63, 3.8) is 0 Å². The van der Waals surface area contributed by atoms with Gasteiger partial charge in [0.15, 0.2) is 0 Å². The summed E-state index contributed by atoms with van der Waals surface area (Å²) in [6.07, 6.45) is 0. The smallest absolute Gasteiger partial charge is 0.348 e. The molecule has 0 N–H and O–H groups in total. The molecule has 0 aliphatic rings. The molecule has 0 spiro atoms. The van der Waals surface area contributed by atoms with Crippen molar-refractivity contribution < 1.29 is 21.1 Å². The first-order valence-corrected chi connectivity index (χ1v) is 22.1. The number of thiophene rings is 1. The van der Waals surface area contributed by atoms with E-state index in [4.69, 9.17) is 19.9 Å². The summed E-state index contributed by atoms with van der Waals surface area (Å²) in [5.74, 6) is 0. The summed E-state index contributed by atoms with van der Waals surface area (Å²) >= 11 is 1.92. The minimum Gasteiger partial charge on any atom is -0.348 e. The van der Waals surface area contributed by atoms with E-state index in [1.165, 1.54) is 42.7 Å². The summed E-state index contributed by atoms with van der Waals surface area (Å²) in [4.78, 5) is 22.0. The van der Waals surface area contributed by atoms with Crippen molar-refractivity contribution in [1.82, 2.24) is 28.7 Å². The van der Waals surface area contributed by atoms with Crippen molar-refractivity contribution in [2.45, 2.75) is 157 Å². The molecule has 0 aliphatic heterocycles. The van der Waals surface area contributed by atoms with Gasteiger partial charge >= 0.3 is 21.1 Å². The van der Waals surface area contributed by atoms with E-state index in [-0.39, 0.29) is 53.6 Å². The van der Waals surface area contributed by atoms with E-state index in [0.29, 0.717) is 0 Å². The number of pyridine rings is 4. The molecule has 7 aromatic heterocycles. The zero-order chi connectivity index (χ0) is 42.9. The summed E-state index contributed by atoms with van der Waals surface area (Å²) < 4.78 is 7.39. The molecule has 60 heavy (non-hydrogen) atoms. The second-order valence-electron chi connectivity index (χ2n) is 23.3. The van der Waals surface area contributed by atoms with Gasteiger partial charge < -0.3 is 18.8 Å². The summed E-state index contributed by atoms with van der Waals surface area (Å²) in [6.45, 7) is 41.1. The van der Waals surface area contributed by atoms with Gasteiger partial charge in [-0.1, -0.05) is 148 Å². The van der Waals surface area contributed by atoms with Gasteiger partial charge in [-0.15, -0.1) is 35.6 Å². The van der Waals surface area contributed by atoms with E-state index in [0.717, 1.165) is 66.6 Å². The monoisotopic (exact) mass is 995 g/mol. The Morgan fingerprint density at radius 2 is 0.800 bits per heavy atom. The van der Waals surface area contributed by atoms with Crippen molar-refractivity contribution in [2.75, 3.05) is 0 Å². The van der Waals surface area contributed by atoms with Crippen LogP contribution in [0.15, 0.2) is 36.4 Å². The summed E-state index contributed by atoms with van der Waals surface area (Å²) in [5.41, 5.74) is 14.1. The Balaban J connectivity index is 0.00000499. The molecular weight excluding hydrogens is 936 g/mol. The SMILES string of the molecule is CC(C)(C)c1c[c-]c2c(cc(C(C)(C)C)n3c4cc(C(C)(C)C)c5sc6c(C(C)(C)C)cc7c(nc8c9[c-]cc(C(C)(C)C)nc9cc(C(C)(C)C)n78)c6c5c4nc23)n1.[Pt+2]. The normalized spacial score (nSPS) is 14.0. The number of aromatic nitrogens is 6. The van der Waals surface area contributed by atoms with Crippen LogP contribution in [0.25, 0.3) is 75.3 Å². The van der Waals surface area contributed by atoms with Crippen LogP contribution in [-0.2, 0) is 53.6 Å². The third-order valence-electron chi connectivity index (χ3n) is 12.1. The van der Waals surface area contributed by atoms with Crippen LogP contribution in [0.5, 0.6) is 0 Å². The molecule has 0 atom stereocenters. The Bertz CT molecular complexity index is 3040. The maximum Gasteiger partial charge on any atom is 2.00 e. The fourth-order valence-electron chi connectivity index (χ4n) is 8.80. The summed E-state index contributed by atoms with van der Waals surface area (Å²) in [7, 11) is 0. The number of imidazole rings is 2. The number of nitrogens with zero attached hydrogens (tertiary/aromatic N) is 6. The van der Waals surface area contributed by atoms with Gasteiger partial charge in [0.05, 0.1) is 33.4 Å². The molecule has 0 fully saturated rings. The predicted molar refractivity (Wildman–Crippen MR) is 252 cm³/mol. The molecule has 9 aromatic rings. The van der Waals surface area contributed by atoms with Gasteiger partial charge in [0.2, 0.25) is 0 Å². The minimum atomic E-state index is -0.191. The van der Waals surface area contributed by atoms with Crippen LogP contribution >= 0.6 is 11.3 Å². The van der Waals surface area contributed by atoms with Crippen molar-refractivity contribution >= 4 is 86.7 Å². The second-order valence-corrected chi connectivity index (χ2v) is 24.3. The van der Waals surface area contributed by atoms with Crippen LogP contribution in [0.4, 0.5) is 0 Å². The van der Waals surface area contributed by atoms with Gasteiger partial charge in [0.1, 0.15) is 0 Å². The molecule has 0 aliphatic carbocycles. The molecule has 9 rings (SSSR count). The van der Waals surface area contributed by atoms with Crippen molar-refractivity contribution in [3.05, 3.63) is 82.4 Å². The molecule has 314 valence electrons. The molecule has 0 saturated heterocycles. The quantitative estimate of drug-likeness (QED) is 0.142. The van der Waals surface area contributed by atoms with E-state index in [2.05, 4.69) is 182 Å². The number of fused-ring (bicyclic) bond motifs is 15. The van der Waals surface area contributed by atoms with Gasteiger partial charge in [-0.25, -0.2) is 0 Å². The standard InChI is InChI=1S/C52H60N6S.Pt/c1-47(2,3)29-23-33-41(55-45-27-19-21-35(49(7,8)9)53-31(27)25-37(57(33)45)51(13,14)15)39-40-42-34(24-30(48(4,5)6)44(40)59-43(29)39)58-38(52(16,17)18)26-32-28(46(58)56-42)20-22-36(54-32)50(10,11)12;/h21-26H,1-18H3;/q-2;+2. The Labute approximate surface area is 373 Å². The second kappa shape index (κ2) is 13.0. The number of benzene rings is 2. The van der Waals surface area contributed by atoms with Gasteiger partial charge in [-0.05, 0) is 67.3 Å². The predicted octanol–water partition coefficient (Wildman–Crippen LogP) is 14.1. The van der Waals surface area contributed by atoms with Crippen LogP contribution in [-0.4, -0.2) is 28.7 Å². The number of hydrogen-bond donors (Lipinski definition) is 0. The van der Waals surface area contributed by atoms with Crippen LogP contribution in [0.3, 0.4) is 0 Å². The molecular formula is C52H60N6PtS. The first-order valence-electron chi connectivity index (χ1n) is 21.3. The largest absolute Gasteiger partial charge is 2.00 e. The molecule has 0 radical (unpaired) electrons. The van der Waals surface area contributed by atoms with E-state index in [1.807, 2.05) is 11.3 Å². The molecule has 6 nitrogen and oxygen atoms in total. The van der Waals surface area contributed by atoms with Crippen LogP contribution in [0.2, 0.25) is 0 Å². The molecule has 8 heteroatoms. The Morgan fingerprint density at radius 3 is 1.10 bits per heavy atom. The number of rotatable bonds is 0. The average molecular weight is 996 g/mol. The molecule has 2 aromatic carbocycles. The number of hydrogen-bond acceptors (Lipinski definition) is 5. The van der Waals surface area contributed by atoms with Gasteiger partial charge in [-0.3, -0.25) is 9.97 Å².